The summed E-state index contributed by atoms with van der Waals surface area (Å²) in [6.45, 7) is 15.4. The molecule has 3 heteroatoms. The van der Waals surface area contributed by atoms with Crippen molar-refractivity contribution in [2.24, 2.45) is 17.3 Å². The summed E-state index contributed by atoms with van der Waals surface area (Å²) in [4.78, 5) is 13.4. The number of carboxylic acids is 1. The van der Waals surface area contributed by atoms with Crippen molar-refractivity contribution in [3.05, 3.63) is 0 Å². The smallest absolute Gasteiger partial charge is 0.309 e. The molecule has 0 bridgehead atoms. The van der Waals surface area contributed by atoms with E-state index in [9.17, 15) is 4.79 Å². The zero-order chi connectivity index (χ0) is 13.6. The molecule has 102 valence electrons. The van der Waals surface area contributed by atoms with Crippen LogP contribution in [0.25, 0.3) is 0 Å². The molecule has 0 aliphatic heterocycles. The summed E-state index contributed by atoms with van der Waals surface area (Å²) in [6, 6.07) is 0. The van der Waals surface area contributed by atoms with Gasteiger partial charge in [0.15, 0.2) is 0 Å². The molecule has 0 amide bonds. The van der Waals surface area contributed by atoms with E-state index in [-0.39, 0.29) is 0 Å². The van der Waals surface area contributed by atoms with E-state index in [2.05, 4.69) is 32.6 Å². The maximum absolute atomic E-state index is 11.1. The van der Waals surface area contributed by atoms with E-state index >= 15 is 0 Å². The second-order valence-corrected chi connectivity index (χ2v) is 6.49. The summed E-state index contributed by atoms with van der Waals surface area (Å²) in [5.41, 5.74) is -0.619. The second kappa shape index (κ2) is 7.00. The van der Waals surface area contributed by atoms with Crippen LogP contribution < -0.4 is 0 Å². The number of carbonyl (C=O) groups is 1. The van der Waals surface area contributed by atoms with Gasteiger partial charge < -0.3 is 10.0 Å². The average Bonchev–Trinajstić information content (AvgIpc) is 2.12. The van der Waals surface area contributed by atoms with Crippen LogP contribution in [-0.4, -0.2) is 35.6 Å². The SMILES string of the molecule is CC(C)CN(CCC(C)(C)C(=O)O)CC(C)C. The van der Waals surface area contributed by atoms with Gasteiger partial charge in [-0.3, -0.25) is 4.79 Å². The van der Waals surface area contributed by atoms with E-state index in [0.717, 1.165) is 19.6 Å². The first kappa shape index (κ1) is 16.4. The highest BCUT2D eigenvalue weighted by atomic mass is 16.4. The molecule has 0 radical (unpaired) electrons. The van der Waals surface area contributed by atoms with Crippen LogP contribution in [0.4, 0.5) is 0 Å². The van der Waals surface area contributed by atoms with E-state index in [4.69, 9.17) is 5.11 Å². The summed E-state index contributed by atoms with van der Waals surface area (Å²) < 4.78 is 0. The molecule has 0 aromatic heterocycles. The first-order valence-corrected chi connectivity index (χ1v) is 6.61. The van der Waals surface area contributed by atoms with Crippen molar-refractivity contribution in [2.75, 3.05) is 19.6 Å². The molecule has 0 unspecified atom stereocenters. The number of hydrogen-bond donors (Lipinski definition) is 1. The average molecular weight is 243 g/mol. The van der Waals surface area contributed by atoms with E-state index in [1.54, 1.807) is 13.8 Å². The van der Waals surface area contributed by atoms with Crippen molar-refractivity contribution >= 4 is 5.97 Å². The number of aliphatic carboxylic acids is 1. The number of rotatable bonds is 8. The molecule has 0 saturated heterocycles. The first-order chi connectivity index (χ1) is 7.65. The van der Waals surface area contributed by atoms with Gasteiger partial charge in [-0.05, 0) is 38.6 Å². The molecule has 0 saturated carbocycles. The van der Waals surface area contributed by atoms with Crippen LogP contribution in [0, 0.1) is 17.3 Å². The summed E-state index contributed by atoms with van der Waals surface area (Å²) >= 11 is 0. The quantitative estimate of drug-likeness (QED) is 0.712. The van der Waals surface area contributed by atoms with Crippen molar-refractivity contribution in [3.8, 4) is 0 Å². The van der Waals surface area contributed by atoms with Crippen LogP contribution in [0.15, 0.2) is 0 Å². The lowest BCUT2D eigenvalue weighted by Gasteiger charge is -2.29. The predicted molar refractivity (Wildman–Crippen MR) is 72.1 cm³/mol. The maximum atomic E-state index is 11.1. The molecule has 0 aliphatic carbocycles. The topological polar surface area (TPSA) is 40.5 Å². The van der Waals surface area contributed by atoms with Crippen LogP contribution >= 0.6 is 0 Å². The highest BCUT2D eigenvalue weighted by Gasteiger charge is 2.27. The monoisotopic (exact) mass is 243 g/mol. The normalized spacial score (nSPS) is 12.8. The lowest BCUT2D eigenvalue weighted by molar-refractivity contribution is -0.147. The Balaban J connectivity index is 4.29. The highest BCUT2D eigenvalue weighted by molar-refractivity contribution is 5.73. The zero-order valence-corrected chi connectivity index (χ0v) is 12.3. The Morgan fingerprint density at radius 3 is 1.82 bits per heavy atom. The van der Waals surface area contributed by atoms with Gasteiger partial charge in [-0.25, -0.2) is 0 Å². The van der Waals surface area contributed by atoms with E-state index in [1.807, 2.05) is 0 Å². The zero-order valence-electron chi connectivity index (χ0n) is 12.3. The molecule has 0 spiro atoms. The van der Waals surface area contributed by atoms with Crippen molar-refractivity contribution in [1.82, 2.24) is 4.90 Å². The molecule has 0 heterocycles. The van der Waals surface area contributed by atoms with Gasteiger partial charge in [0.1, 0.15) is 0 Å². The summed E-state index contributed by atoms with van der Waals surface area (Å²) in [6.07, 6.45) is 0.710. The van der Waals surface area contributed by atoms with Gasteiger partial charge in [0.2, 0.25) is 0 Å². The molecule has 0 aliphatic rings. The molecule has 3 nitrogen and oxygen atoms in total. The molecular formula is C14H29NO2. The number of hydrogen-bond acceptors (Lipinski definition) is 2. The van der Waals surface area contributed by atoms with Gasteiger partial charge in [-0.1, -0.05) is 27.7 Å². The minimum atomic E-state index is -0.702. The molecule has 1 N–H and O–H groups in total. The minimum absolute atomic E-state index is 0.619. The van der Waals surface area contributed by atoms with Crippen molar-refractivity contribution in [1.29, 1.82) is 0 Å². The van der Waals surface area contributed by atoms with Gasteiger partial charge in [-0.15, -0.1) is 0 Å². The van der Waals surface area contributed by atoms with E-state index in [1.165, 1.54) is 0 Å². The largest absolute Gasteiger partial charge is 0.481 e. The third-order valence-corrected chi connectivity index (χ3v) is 2.88. The molecule has 0 aromatic rings. The van der Waals surface area contributed by atoms with E-state index in [0.29, 0.717) is 18.3 Å². The lowest BCUT2D eigenvalue weighted by atomic mass is 9.89. The molecule has 0 atom stereocenters. The van der Waals surface area contributed by atoms with Gasteiger partial charge in [0.05, 0.1) is 5.41 Å². The Kier molecular flexibility index (Phi) is 6.76. The van der Waals surface area contributed by atoms with Crippen molar-refractivity contribution < 1.29 is 9.90 Å². The summed E-state index contributed by atoms with van der Waals surface area (Å²) in [5.74, 6) is 0.551. The number of nitrogens with zero attached hydrogens (tertiary/aromatic N) is 1. The molecule has 17 heavy (non-hydrogen) atoms. The van der Waals surface area contributed by atoms with Gasteiger partial charge in [0.25, 0.3) is 0 Å². The Hall–Kier alpha value is -0.570. The van der Waals surface area contributed by atoms with Gasteiger partial charge >= 0.3 is 5.97 Å². The molecular weight excluding hydrogens is 214 g/mol. The summed E-state index contributed by atoms with van der Waals surface area (Å²) in [5, 5.41) is 9.10. The second-order valence-electron chi connectivity index (χ2n) is 6.49. The van der Waals surface area contributed by atoms with Gasteiger partial charge in [-0.2, -0.15) is 0 Å². The minimum Gasteiger partial charge on any atom is -0.481 e. The van der Waals surface area contributed by atoms with Gasteiger partial charge in [0, 0.05) is 13.1 Å². The molecule has 0 aromatic carbocycles. The third-order valence-electron chi connectivity index (χ3n) is 2.88. The van der Waals surface area contributed by atoms with Crippen LogP contribution in [0.2, 0.25) is 0 Å². The fourth-order valence-corrected chi connectivity index (χ4v) is 1.83. The van der Waals surface area contributed by atoms with Crippen LogP contribution in [0.1, 0.15) is 48.0 Å². The first-order valence-electron chi connectivity index (χ1n) is 6.61. The fourth-order valence-electron chi connectivity index (χ4n) is 1.83. The Morgan fingerprint density at radius 1 is 1.12 bits per heavy atom. The van der Waals surface area contributed by atoms with Crippen molar-refractivity contribution in [3.63, 3.8) is 0 Å². The Bertz CT molecular complexity index is 224. The van der Waals surface area contributed by atoms with Crippen molar-refractivity contribution in [2.45, 2.75) is 48.0 Å². The number of carboxylic acid groups (broad SMARTS) is 1. The third kappa shape index (κ3) is 7.37. The van der Waals surface area contributed by atoms with Crippen LogP contribution in [0.5, 0.6) is 0 Å². The Morgan fingerprint density at radius 2 is 1.53 bits per heavy atom. The maximum Gasteiger partial charge on any atom is 0.309 e. The molecule has 0 fully saturated rings. The standard InChI is InChI=1S/C14H29NO2/c1-11(2)9-15(10-12(3)4)8-7-14(5,6)13(16)17/h11-12H,7-10H2,1-6H3,(H,16,17). The van der Waals surface area contributed by atoms with Crippen LogP contribution in [0.3, 0.4) is 0 Å². The molecule has 0 rings (SSSR count). The fraction of sp³-hybridized carbons (Fsp3) is 0.929. The summed E-state index contributed by atoms with van der Waals surface area (Å²) in [7, 11) is 0. The van der Waals surface area contributed by atoms with Crippen LogP contribution in [-0.2, 0) is 4.79 Å². The van der Waals surface area contributed by atoms with E-state index < -0.39 is 11.4 Å². The predicted octanol–water partition coefficient (Wildman–Crippen LogP) is 3.10. The highest BCUT2D eigenvalue weighted by Crippen LogP contribution is 2.21. The Labute approximate surface area is 106 Å². The lowest BCUT2D eigenvalue weighted by Crippen LogP contribution is -2.36.